The van der Waals surface area contributed by atoms with Crippen molar-refractivity contribution in [1.82, 2.24) is 0 Å². The molecule has 0 aromatic carbocycles. The number of rotatable bonds is 38. The highest BCUT2D eigenvalue weighted by Crippen LogP contribution is 2.12. The molecule has 0 spiro atoms. The van der Waals surface area contributed by atoms with E-state index in [2.05, 4.69) is 81.5 Å². The maximum Gasteiger partial charge on any atom is 0.306 e. The Kier molecular flexibility index (Phi) is 41.2. The quantitative estimate of drug-likeness (QED) is 0.0204. The number of allylic oxidation sites excluding steroid dienone is 16. The number of hydrogen-bond donors (Lipinski definition) is 0. The van der Waals surface area contributed by atoms with Crippen LogP contribution in [0.15, 0.2) is 97.2 Å². The molecule has 0 amide bonds. The Bertz CT molecular complexity index is 1170. The first kappa shape index (κ1) is 52.3. The van der Waals surface area contributed by atoms with Gasteiger partial charge < -0.3 is 14.2 Å². The maximum absolute atomic E-state index is 12.7. The maximum atomic E-state index is 12.7. The van der Waals surface area contributed by atoms with Crippen molar-refractivity contribution in [3.8, 4) is 0 Å². The lowest BCUT2D eigenvalue weighted by Gasteiger charge is -2.18. The van der Waals surface area contributed by atoms with Crippen LogP contribution in [0, 0.1) is 0 Å². The summed E-state index contributed by atoms with van der Waals surface area (Å²) in [5.41, 5.74) is 0. The van der Waals surface area contributed by atoms with E-state index in [1.807, 2.05) is 36.5 Å². The molecule has 0 aliphatic carbocycles. The van der Waals surface area contributed by atoms with Gasteiger partial charge >= 0.3 is 17.9 Å². The third-order valence-electron chi connectivity index (χ3n) is 8.93. The Balaban J connectivity index is 4.51. The second-order valence-electron chi connectivity index (χ2n) is 14.3. The molecule has 316 valence electrons. The molecule has 0 saturated carbocycles. The topological polar surface area (TPSA) is 78.9 Å². The zero-order chi connectivity index (χ0) is 40.8. The van der Waals surface area contributed by atoms with E-state index in [1.165, 1.54) is 38.5 Å². The molecule has 0 fully saturated rings. The van der Waals surface area contributed by atoms with E-state index >= 15 is 0 Å². The van der Waals surface area contributed by atoms with Crippen molar-refractivity contribution < 1.29 is 28.6 Å². The summed E-state index contributed by atoms with van der Waals surface area (Å²) in [5, 5.41) is 0. The fourth-order valence-electron chi connectivity index (χ4n) is 5.58. The van der Waals surface area contributed by atoms with E-state index in [4.69, 9.17) is 14.2 Å². The van der Waals surface area contributed by atoms with Crippen molar-refractivity contribution in [3.63, 3.8) is 0 Å². The third kappa shape index (κ3) is 41.5. The van der Waals surface area contributed by atoms with Crippen molar-refractivity contribution in [2.75, 3.05) is 13.2 Å². The molecule has 0 saturated heterocycles. The van der Waals surface area contributed by atoms with Gasteiger partial charge in [0.25, 0.3) is 0 Å². The minimum Gasteiger partial charge on any atom is -0.462 e. The Morgan fingerprint density at radius 2 is 0.786 bits per heavy atom. The summed E-state index contributed by atoms with van der Waals surface area (Å²) in [6, 6.07) is 0. The van der Waals surface area contributed by atoms with E-state index in [1.54, 1.807) is 0 Å². The molecule has 0 aliphatic heterocycles. The number of unbranched alkanes of at least 4 members (excludes halogenated alkanes) is 15. The summed E-state index contributed by atoms with van der Waals surface area (Å²) in [4.78, 5) is 37.7. The molecular weight excluding hydrogens is 697 g/mol. The van der Waals surface area contributed by atoms with Gasteiger partial charge in [-0.3, -0.25) is 14.4 Å². The van der Waals surface area contributed by atoms with Gasteiger partial charge in [0, 0.05) is 19.3 Å². The van der Waals surface area contributed by atoms with E-state index in [0.717, 1.165) is 96.3 Å². The van der Waals surface area contributed by atoms with Crippen LogP contribution < -0.4 is 0 Å². The van der Waals surface area contributed by atoms with Gasteiger partial charge in [-0.1, -0.05) is 176 Å². The lowest BCUT2D eigenvalue weighted by molar-refractivity contribution is -0.167. The van der Waals surface area contributed by atoms with Crippen molar-refractivity contribution in [3.05, 3.63) is 97.2 Å². The van der Waals surface area contributed by atoms with E-state index < -0.39 is 6.10 Å². The lowest BCUT2D eigenvalue weighted by atomic mass is 10.1. The average Bonchev–Trinajstić information content (AvgIpc) is 3.19. The van der Waals surface area contributed by atoms with Crippen LogP contribution in [0.25, 0.3) is 0 Å². The minimum absolute atomic E-state index is 0.108. The Hall–Kier alpha value is -3.67. The van der Waals surface area contributed by atoms with E-state index in [0.29, 0.717) is 19.3 Å². The zero-order valence-corrected chi connectivity index (χ0v) is 35.9. The predicted molar refractivity (Wildman–Crippen MR) is 237 cm³/mol. The second kappa shape index (κ2) is 44.0. The van der Waals surface area contributed by atoms with Gasteiger partial charge in [-0.2, -0.15) is 0 Å². The summed E-state index contributed by atoms with van der Waals surface area (Å²) >= 11 is 0. The molecule has 1 atom stereocenters. The van der Waals surface area contributed by atoms with Gasteiger partial charge in [0.05, 0.1) is 0 Å². The molecule has 0 rings (SSSR count). The largest absolute Gasteiger partial charge is 0.462 e. The summed E-state index contributed by atoms with van der Waals surface area (Å²) in [7, 11) is 0. The predicted octanol–water partition coefficient (Wildman–Crippen LogP) is 14.2. The average molecular weight is 777 g/mol. The number of hydrogen-bond acceptors (Lipinski definition) is 6. The molecule has 6 nitrogen and oxygen atoms in total. The van der Waals surface area contributed by atoms with Crippen molar-refractivity contribution in [2.24, 2.45) is 0 Å². The van der Waals surface area contributed by atoms with E-state index in [9.17, 15) is 14.4 Å². The summed E-state index contributed by atoms with van der Waals surface area (Å²) < 4.78 is 16.6. The molecule has 0 aromatic heterocycles. The monoisotopic (exact) mass is 777 g/mol. The number of esters is 3. The lowest BCUT2D eigenvalue weighted by Crippen LogP contribution is -2.30. The third-order valence-corrected chi connectivity index (χ3v) is 8.93. The standard InChI is InChI=1S/C50H80O6/c1-4-7-10-13-16-19-22-24-26-28-31-34-37-40-43-49(52)55-46-47(45-54-48(51)42-39-36-33-30-27-21-18-15-12-9-6-3)56-50(53)44-41-38-35-32-29-25-23-20-17-14-11-8-5-2/h7-8,10-11,14-21,23,25,27,29,47H,4-6,9,12-13,22,24,26,28,30-46H2,1-3H3/b10-7-,11-8-,17-14-,18-15-,19-16-,23-20-,27-21-,29-25-. The number of ether oxygens (including phenoxy) is 3. The molecule has 1 unspecified atom stereocenters. The van der Waals surface area contributed by atoms with Crippen LogP contribution in [0.3, 0.4) is 0 Å². The summed E-state index contributed by atoms with van der Waals surface area (Å²) in [5.74, 6) is -0.996. The van der Waals surface area contributed by atoms with Crippen molar-refractivity contribution >= 4 is 17.9 Å². The highest BCUT2D eigenvalue weighted by Gasteiger charge is 2.19. The van der Waals surface area contributed by atoms with Crippen LogP contribution in [-0.2, 0) is 28.6 Å². The molecular formula is C50H80O6. The molecule has 0 radical (unpaired) electrons. The molecule has 0 aromatic rings. The second-order valence-corrected chi connectivity index (χ2v) is 14.3. The van der Waals surface area contributed by atoms with Gasteiger partial charge in [0.2, 0.25) is 0 Å². The normalized spacial score (nSPS) is 13.0. The molecule has 0 heterocycles. The number of carbonyl (C=O) groups excluding carboxylic acids is 3. The molecule has 0 aliphatic rings. The van der Waals surface area contributed by atoms with Gasteiger partial charge in [0.1, 0.15) is 13.2 Å². The fourth-order valence-corrected chi connectivity index (χ4v) is 5.58. The fraction of sp³-hybridized carbons (Fsp3) is 0.620. The first-order chi connectivity index (χ1) is 27.5. The molecule has 6 heteroatoms. The van der Waals surface area contributed by atoms with Gasteiger partial charge in [-0.05, 0) is 83.5 Å². The Morgan fingerprint density at radius 3 is 1.32 bits per heavy atom. The summed E-state index contributed by atoms with van der Waals surface area (Å²) in [6.45, 7) is 6.24. The molecule has 56 heavy (non-hydrogen) atoms. The molecule has 0 bridgehead atoms. The minimum atomic E-state index is -0.810. The van der Waals surface area contributed by atoms with Crippen LogP contribution in [0.2, 0.25) is 0 Å². The Morgan fingerprint density at radius 1 is 0.393 bits per heavy atom. The first-order valence-corrected chi connectivity index (χ1v) is 22.3. The first-order valence-electron chi connectivity index (χ1n) is 22.3. The Labute approximate surface area is 343 Å². The zero-order valence-electron chi connectivity index (χ0n) is 35.9. The smallest absolute Gasteiger partial charge is 0.306 e. The van der Waals surface area contributed by atoms with Crippen LogP contribution in [0.4, 0.5) is 0 Å². The highest BCUT2D eigenvalue weighted by molar-refractivity contribution is 5.71. The van der Waals surface area contributed by atoms with Crippen LogP contribution in [0.5, 0.6) is 0 Å². The van der Waals surface area contributed by atoms with Gasteiger partial charge in [-0.25, -0.2) is 0 Å². The summed E-state index contributed by atoms with van der Waals surface area (Å²) in [6.07, 6.45) is 56.8. The number of carbonyl (C=O) groups is 3. The SMILES string of the molecule is CC\C=C/C=C\C=C/C=C\CCCCCC(=O)OC(COC(=O)CCCCC/C=C\C=C/CCCC)COC(=O)CCCCCCCCC/C=C\C/C=C\CC. The van der Waals surface area contributed by atoms with Crippen LogP contribution >= 0.6 is 0 Å². The van der Waals surface area contributed by atoms with Crippen LogP contribution in [0.1, 0.15) is 181 Å². The molecule has 0 N–H and O–H groups in total. The van der Waals surface area contributed by atoms with Gasteiger partial charge in [0.15, 0.2) is 6.10 Å². The van der Waals surface area contributed by atoms with Crippen molar-refractivity contribution in [1.29, 1.82) is 0 Å². The van der Waals surface area contributed by atoms with Crippen LogP contribution in [-0.4, -0.2) is 37.2 Å². The highest BCUT2D eigenvalue weighted by atomic mass is 16.6. The van der Waals surface area contributed by atoms with E-state index in [-0.39, 0.29) is 37.5 Å². The van der Waals surface area contributed by atoms with Gasteiger partial charge in [-0.15, -0.1) is 0 Å². The van der Waals surface area contributed by atoms with Crippen molar-refractivity contribution in [2.45, 2.75) is 187 Å².